The van der Waals surface area contributed by atoms with Crippen LogP contribution in [-0.4, -0.2) is 0 Å². The second kappa shape index (κ2) is 13.2. The van der Waals surface area contributed by atoms with E-state index < -0.39 is 0 Å². The number of anilines is 3. The molecular weight excluding hydrogens is 691 g/mol. The third kappa shape index (κ3) is 5.95. The van der Waals surface area contributed by atoms with E-state index in [0.29, 0.717) is 0 Å². The van der Waals surface area contributed by atoms with Gasteiger partial charge in [-0.25, -0.2) is 0 Å². The normalized spacial score (nSPS) is 13.1. The summed E-state index contributed by atoms with van der Waals surface area (Å²) >= 11 is 0. The van der Waals surface area contributed by atoms with E-state index in [0.717, 1.165) is 44.6 Å². The number of fused-ring (bicyclic) bond motifs is 6. The second-order valence-electron chi connectivity index (χ2n) is 17.0. The van der Waals surface area contributed by atoms with Crippen molar-refractivity contribution in [3.8, 4) is 44.5 Å². The van der Waals surface area contributed by atoms with Crippen LogP contribution in [0.15, 0.2) is 186 Å². The Balaban J connectivity index is 1.02. The van der Waals surface area contributed by atoms with Crippen LogP contribution in [0.3, 0.4) is 0 Å². The summed E-state index contributed by atoms with van der Waals surface area (Å²) in [5.74, 6) is 0. The molecule has 1 aromatic heterocycles. The van der Waals surface area contributed by atoms with Crippen molar-refractivity contribution in [3.05, 3.63) is 199 Å². The molecule has 0 saturated heterocycles. The highest BCUT2D eigenvalue weighted by Gasteiger charge is 2.36. The van der Waals surface area contributed by atoms with Gasteiger partial charge in [0.15, 0.2) is 0 Å². The summed E-state index contributed by atoms with van der Waals surface area (Å²) in [6.45, 7) is 11.6. The molecule has 1 aliphatic rings. The predicted molar refractivity (Wildman–Crippen MR) is 241 cm³/mol. The zero-order valence-electron chi connectivity index (χ0n) is 33.2. The molecule has 0 amide bonds. The molecule has 57 heavy (non-hydrogen) atoms. The molecule has 276 valence electrons. The maximum Gasteiger partial charge on any atom is 0.136 e. The Hall–Kier alpha value is -6.64. The van der Waals surface area contributed by atoms with Gasteiger partial charge in [-0.05, 0) is 121 Å². The van der Waals surface area contributed by atoms with Crippen molar-refractivity contribution < 1.29 is 4.42 Å². The Labute approximate surface area is 335 Å². The summed E-state index contributed by atoms with van der Waals surface area (Å²) in [6, 6.07) is 66.3. The summed E-state index contributed by atoms with van der Waals surface area (Å²) in [5, 5.41) is 2.29. The summed E-state index contributed by atoms with van der Waals surface area (Å²) in [6.07, 6.45) is 0. The fourth-order valence-electron chi connectivity index (χ4n) is 8.89. The van der Waals surface area contributed by atoms with Gasteiger partial charge < -0.3 is 9.32 Å². The number of hydrogen-bond donors (Lipinski definition) is 0. The zero-order valence-corrected chi connectivity index (χ0v) is 33.2. The Morgan fingerprint density at radius 3 is 1.65 bits per heavy atom. The van der Waals surface area contributed by atoms with Gasteiger partial charge in [0.1, 0.15) is 11.2 Å². The van der Waals surface area contributed by atoms with E-state index in [2.05, 4.69) is 209 Å². The van der Waals surface area contributed by atoms with Gasteiger partial charge in [-0.15, -0.1) is 0 Å². The number of furan rings is 1. The lowest BCUT2D eigenvalue weighted by Crippen LogP contribution is -2.17. The van der Waals surface area contributed by atoms with Crippen molar-refractivity contribution in [3.63, 3.8) is 0 Å². The fourth-order valence-corrected chi connectivity index (χ4v) is 8.89. The first-order valence-corrected chi connectivity index (χ1v) is 20.0. The van der Waals surface area contributed by atoms with Gasteiger partial charge in [0.25, 0.3) is 0 Å². The van der Waals surface area contributed by atoms with Crippen LogP contribution in [0.1, 0.15) is 51.3 Å². The smallest absolute Gasteiger partial charge is 0.136 e. The summed E-state index contributed by atoms with van der Waals surface area (Å²) < 4.78 is 6.23. The van der Waals surface area contributed by atoms with Gasteiger partial charge in [-0.1, -0.05) is 162 Å². The summed E-state index contributed by atoms with van der Waals surface area (Å²) in [5.41, 5.74) is 19.2. The molecule has 0 saturated carbocycles. The van der Waals surface area contributed by atoms with Crippen LogP contribution in [0.5, 0.6) is 0 Å². The highest BCUT2D eigenvalue weighted by molar-refractivity contribution is 6.12. The largest absolute Gasteiger partial charge is 0.456 e. The first-order valence-electron chi connectivity index (χ1n) is 20.0. The molecule has 0 atom stereocenters. The molecular formula is C55H45NO. The molecule has 2 nitrogen and oxygen atoms in total. The first-order chi connectivity index (χ1) is 27.6. The van der Waals surface area contributed by atoms with Crippen LogP contribution in [0.4, 0.5) is 17.1 Å². The zero-order chi connectivity index (χ0) is 38.9. The lowest BCUT2D eigenvalue weighted by atomic mass is 9.79. The maximum atomic E-state index is 6.23. The van der Waals surface area contributed by atoms with E-state index in [1.807, 2.05) is 12.1 Å². The van der Waals surface area contributed by atoms with E-state index in [1.54, 1.807) is 0 Å². The molecule has 0 bridgehead atoms. The predicted octanol–water partition coefficient (Wildman–Crippen LogP) is 15.7. The third-order valence-electron chi connectivity index (χ3n) is 12.1. The molecule has 1 aliphatic carbocycles. The van der Waals surface area contributed by atoms with Crippen molar-refractivity contribution >= 4 is 39.0 Å². The number of hydrogen-bond acceptors (Lipinski definition) is 2. The average Bonchev–Trinajstić information content (AvgIpc) is 3.73. The lowest BCUT2D eigenvalue weighted by molar-refractivity contribution is 0.584. The highest BCUT2D eigenvalue weighted by atomic mass is 16.3. The van der Waals surface area contributed by atoms with Gasteiger partial charge in [0.2, 0.25) is 0 Å². The number of para-hydroxylation sites is 1. The minimum absolute atomic E-state index is 0.0424. The van der Waals surface area contributed by atoms with Crippen LogP contribution >= 0.6 is 0 Å². The van der Waals surface area contributed by atoms with Crippen LogP contribution in [0.25, 0.3) is 66.4 Å². The SMILES string of the molecule is CC(C)(C)c1ccc2c(c1)C(C)(C)c1ccc(-c3ccc(N(c4ccc(-c5ccccc5)cc4)c4ccc(-c5cccc6oc7ccccc7c56)cc4)cc3)cc1-2. The maximum absolute atomic E-state index is 6.23. The summed E-state index contributed by atoms with van der Waals surface area (Å²) in [7, 11) is 0. The molecule has 8 aromatic carbocycles. The van der Waals surface area contributed by atoms with Gasteiger partial charge in [-0.2, -0.15) is 0 Å². The monoisotopic (exact) mass is 735 g/mol. The Morgan fingerprint density at radius 2 is 0.982 bits per heavy atom. The molecule has 0 fully saturated rings. The van der Waals surface area contributed by atoms with E-state index in [4.69, 9.17) is 4.42 Å². The number of benzene rings is 8. The Bertz CT molecular complexity index is 2920. The molecule has 9 aromatic rings. The second-order valence-corrected chi connectivity index (χ2v) is 17.0. The van der Waals surface area contributed by atoms with Crippen molar-refractivity contribution in [2.75, 3.05) is 4.90 Å². The molecule has 0 N–H and O–H groups in total. The average molecular weight is 736 g/mol. The van der Waals surface area contributed by atoms with E-state index >= 15 is 0 Å². The van der Waals surface area contributed by atoms with Crippen LogP contribution in [-0.2, 0) is 10.8 Å². The van der Waals surface area contributed by atoms with Crippen molar-refractivity contribution in [1.29, 1.82) is 0 Å². The molecule has 1 heterocycles. The van der Waals surface area contributed by atoms with Crippen molar-refractivity contribution in [2.24, 2.45) is 0 Å². The summed E-state index contributed by atoms with van der Waals surface area (Å²) in [4.78, 5) is 2.35. The fraction of sp³-hybridized carbons (Fsp3) is 0.127. The minimum Gasteiger partial charge on any atom is -0.456 e. The van der Waals surface area contributed by atoms with E-state index in [-0.39, 0.29) is 10.8 Å². The quantitative estimate of drug-likeness (QED) is 0.169. The van der Waals surface area contributed by atoms with E-state index in [9.17, 15) is 0 Å². The first kappa shape index (κ1) is 34.8. The van der Waals surface area contributed by atoms with Crippen LogP contribution in [0.2, 0.25) is 0 Å². The lowest BCUT2D eigenvalue weighted by Gasteiger charge is -2.26. The standard InChI is InChI=1S/C55H45NO/c1-54(2,3)41-25-32-46-48-34-40(24-33-49(48)55(4,5)50(46)35-41)38-20-28-43(29-21-38)56(42-26-18-37(19-27-42)36-12-7-6-8-13-36)44-30-22-39(23-31-44)45-15-11-17-52-53(45)47-14-9-10-16-51(47)57-52/h6-35H,1-5H3. The topological polar surface area (TPSA) is 16.4 Å². The number of rotatable bonds is 6. The molecule has 0 aliphatic heterocycles. The molecule has 0 spiro atoms. The van der Waals surface area contributed by atoms with Gasteiger partial charge in [0.05, 0.1) is 0 Å². The van der Waals surface area contributed by atoms with Crippen molar-refractivity contribution in [2.45, 2.75) is 45.4 Å². The molecule has 10 rings (SSSR count). The van der Waals surface area contributed by atoms with Crippen molar-refractivity contribution in [1.82, 2.24) is 0 Å². The van der Waals surface area contributed by atoms with E-state index in [1.165, 1.54) is 55.6 Å². The van der Waals surface area contributed by atoms with Crippen LogP contribution in [0, 0.1) is 0 Å². The molecule has 0 radical (unpaired) electrons. The molecule has 0 unspecified atom stereocenters. The highest BCUT2D eigenvalue weighted by Crippen LogP contribution is 2.51. The van der Waals surface area contributed by atoms with Gasteiger partial charge in [-0.3, -0.25) is 0 Å². The van der Waals surface area contributed by atoms with Crippen LogP contribution < -0.4 is 4.90 Å². The molecule has 2 heteroatoms. The number of nitrogens with zero attached hydrogens (tertiary/aromatic N) is 1. The van der Waals surface area contributed by atoms with Gasteiger partial charge in [0, 0.05) is 33.2 Å². The third-order valence-corrected chi connectivity index (χ3v) is 12.1. The Kier molecular flexibility index (Phi) is 8.09. The minimum atomic E-state index is -0.0424. The van der Waals surface area contributed by atoms with Gasteiger partial charge >= 0.3 is 0 Å². The Morgan fingerprint density at radius 1 is 0.421 bits per heavy atom.